The predicted molar refractivity (Wildman–Crippen MR) is 88.1 cm³/mol. The fourth-order valence-electron chi connectivity index (χ4n) is 1.63. The normalized spacial score (nSPS) is 10.6. The van der Waals surface area contributed by atoms with Gasteiger partial charge in [-0.1, -0.05) is 46.4 Å². The average molecular weight is 369 g/mol. The van der Waals surface area contributed by atoms with Crippen LogP contribution < -0.4 is 10.6 Å². The van der Waals surface area contributed by atoms with Crippen molar-refractivity contribution in [3.63, 3.8) is 0 Å². The maximum Gasteiger partial charge on any atom is 0.151 e. The first kappa shape index (κ1) is 16.4. The minimum absolute atomic E-state index is 0.123. The highest BCUT2D eigenvalue weighted by Crippen LogP contribution is 2.37. The Kier molecular flexibility index (Phi) is 5.38. The Bertz CT molecular complexity index is 656. The van der Waals surface area contributed by atoms with E-state index in [2.05, 4.69) is 15.6 Å². The van der Waals surface area contributed by atoms with Gasteiger partial charge in [0.2, 0.25) is 0 Å². The first-order valence-corrected chi connectivity index (χ1v) is 7.45. The molecule has 0 spiro atoms. The van der Waals surface area contributed by atoms with E-state index in [1.54, 1.807) is 6.07 Å². The van der Waals surface area contributed by atoms with Gasteiger partial charge in [-0.2, -0.15) is 0 Å². The summed E-state index contributed by atoms with van der Waals surface area (Å²) < 4.78 is 13.2. The number of anilines is 3. The number of aromatic nitrogens is 1. The van der Waals surface area contributed by atoms with Crippen LogP contribution in [0.1, 0.15) is 6.92 Å². The molecule has 0 aliphatic heterocycles. The molecule has 1 heterocycles. The number of pyridine rings is 1. The lowest BCUT2D eigenvalue weighted by molar-refractivity contribution is 0.628. The van der Waals surface area contributed by atoms with Gasteiger partial charge in [-0.15, -0.1) is 0 Å². The third kappa shape index (κ3) is 3.83. The van der Waals surface area contributed by atoms with Gasteiger partial charge in [-0.3, -0.25) is 0 Å². The van der Waals surface area contributed by atoms with Crippen LogP contribution in [-0.2, 0) is 0 Å². The molecule has 112 valence electrons. The van der Waals surface area contributed by atoms with Gasteiger partial charge < -0.3 is 10.6 Å². The summed E-state index contributed by atoms with van der Waals surface area (Å²) in [6, 6.07) is 3.83. The zero-order chi connectivity index (χ0) is 15.6. The lowest BCUT2D eigenvalue weighted by Crippen LogP contribution is -2.03. The summed E-state index contributed by atoms with van der Waals surface area (Å²) in [7, 11) is 0. The van der Waals surface area contributed by atoms with Crippen LogP contribution in [0.3, 0.4) is 0 Å². The van der Waals surface area contributed by atoms with E-state index >= 15 is 0 Å². The summed E-state index contributed by atoms with van der Waals surface area (Å²) in [5.74, 6) is 0.256. The molecule has 2 rings (SSSR count). The molecule has 1 aromatic heterocycles. The monoisotopic (exact) mass is 367 g/mol. The molecule has 0 radical (unpaired) electrons. The van der Waals surface area contributed by atoms with E-state index in [9.17, 15) is 4.39 Å². The predicted octanol–water partition coefficient (Wildman–Crippen LogP) is 6.01. The van der Waals surface area contributed by atoms with Crippen molar-refractivity contribution in [2.24, 2.45) is 0 Å². The molecule has 21 heavy (non-hydrogen) atoms. The highest BCUT2D eigenvalue weighted by Gasteiger charge is 2.13. The van der Waals surface area contributed by atoms with E-state index in [-0.39, 0.29) is 15.1 Å². The standard InChI is InChI=1S/C13H10Cl4FN3/c1-2-19-12-9(16)5-10(17)13(21-12)20-11-7(14)3-6(18)4-8(11)15/h3-5H,2H2,1H3,(H2,19,20,21). The Morgan fingerprint density at radius 3 is 2.10 bits per heavy atom. The van der Waals surface area contributed by atoms with Gasteiger partial charge in [0.25, 0.3) is 0 Å². The summed E-state index contributed by atoms with van der Waals surface area (Å²) >= 11 is 24.1. The van der Waals surface area contributed by atoms with Crippen molar-refractivity contribution >= 4 is 63.7 Å². The highest BCUT2D eigenvalue weighted by atomic mass is 35.5. The first-order valence-electron chi connectivity index (χ1n) is 5.93. The largest absolute Gasteiger partial charge is 0.369 e. The molecule has 0 bridgehead atoms. The molecule has 0 saturated heterocycles. The number of halogens is 5. The molecule has 0 aliphatic rings. The summed E-state index contributed by atoms with van der Waals surface area (Å²) in [5.41, 5.74) is 0.318. The molecule has 1 aromatic carbocycles. The second-order valence-corrected chi connectivity index (χ2v) is 5.68. The van der Waals surface area contributed by atoms with Crippen molar-refractivity contribution in [2.75, 3.05) is 17.2 Å². The van der Waals surface area contributed by atoms with Gasteiger partial charge in [0.05, 0.1) is 25.8 Å². The van der Waals surface area contributed by atoms with Crippen molar-refractivity contribution in [3.8, 4) is 0 Å². The molecule has 0 atom stereocenters. The summed E-state index contributed by atoms with van der Waals surface area (Å²) in [6.45, 7) is 2.55. The van der Waals surface area contributed by atoms with Crippen LogP contribution in [0.25, 0.3) is 0 Å². The van der Waals surface area contributed by atoms with Gasteiger partial charge in [0, 0.05) is 6.54 Å². The molecular formula is C13H10Cl4FN3. The molecule has 0 fully saturated rings. The molecular weight excluding hydrogens is 359 g/mol. The number of rotatable bonds is 4. The zero-order valence-corrected chi connectivity index (χ0v) is 13.8. The minimum atomic E-state index is -0.529. The molecule has 0 saturated carbocycles. The van der Waals surface area contributed by atoms with Gasteiger partial charge in [0.15, 0.2) is 5.82 Å². The molecule has 8 heteroatoms. The summed E-state index contributed by atoms with van der Waals surface area (Å²) in [5, 5.41) is 6.82. The Morgan fingerprint density at radius 2 is 1.52 bits per heavy atom. The topological polar surface area (TPSA) is 37.0 Å². The summed E-state index contributed by atoms with van der Waals surface area (Å²) in [6.07, 6.45) is 0. The van der Waals surface area contributed by atoms with E-state index in [0.717, 1.165) is 12.1 Å². The van der Waals surface area contributed by atoms with Crippen molar-refractivity contribution in [3.05, 3.63) is 44.1 Å². The van der Waals surface area contributed by atoms with Crippen LogP contribution in [0, 0.1) is 5.82 Å². The maximum absolute atomic E-state index is 13.2. The number of nitrogens with zero attached hydrogens (tertiary/aromatic N) is 1. The maximum atomic E-state index is 13.2. The zero-order valence-electron chi connectivity index (χ0n) is 10.8. The van der Waals surface area contributed by atoms with Gasteiger partial charge >= 0.3 is 0 Å². The van der Waals surface area contributed by atoms with E-state index in [0.29, 0.717) is 28.9 Å². The van der Waals surface area contributed by atoms with Gasteiger partial charge in [-0.25, -0.2) is 9.37 Å². The molecule has 3 nitrogen and oxygen atoms in total. The molecule has 0 unspecified atom stereocenters. The van der Waals surface area contributed by atoms with Crippen LogP contribution >= 0.6 is 46.4 Å². The van der Waals surface area contributed by atoms with E-state index in [4.69, 9.17) is 46.4 Å². The van der Waals surface area contributed by atoms with Crippen molar-refractivity contribution < 1.29 is 4.39 Å². The summed E-state index contributed by atoms with van der Waals surface area (Å²) in [4.78, 5) is 4.26. The first-order chi connectivity index (χ1) is 9.92. The fraction of sp³-hybridized carbons (Fsp3) is 0.154. The number of benzene rings is 1. The van der Waals surface area contributed by atoms with Gasteiger partial charge in [0.1, 0.15) is 11.6 Å². The Labute approximate surface area is 141 Å². The van der Waals surface area contributed by atoms with Crippen molar-refractivity contribution in [1.82, 2.24) is 4.98 Å². The van der Waals surface area contributed by atoms with Crippen LogP contribution in [0.2, 0.25) is 20.1 Å². The SMILES string of the molecule is CCNc1nc(Nc2c(Cl)cc(F)cc2Cl)c(Cl)cc1Cl. The van der Waals surface area contributed by atoms with Crippen LogP contribution in [0.15, 0.2) is 18.2 Å². The average Bonchev–Trinajstić information content (AvgIpc) is 2.38. The third-order valence-corrected chi connectivity index (χ3v) is 3.70. The second kappa shape index (κ2) is 6.88. The van der Waals surface area contributed by atoms with Crippen molar-refractivity contribution in [1.29, 1.82) is 0 Å². The third-order valence-electron chi connectivity index (χ3n) is 2.52. The molecule has 2 N–H and O–H groups in total. The smallest absolute Gasteiger partial charge is 0.151 e. The van der Waals surface area contributed by atoms with Crippen molar-refractivity contribution in [2.45, 2.75) is 6.92 Å². The minimum Gasteiger partial charge on any atom is -0.369 e. The Balaban J connectivity index is 2.42. The highest BCUT2D eigenvalue weighted by molar-refractivity contribution is 6.40. The van der Waals surface area contributed by atoms with Crippen LogP contribution in [-0.4, -0.2) is 11.5 Å². The number of hydrogen-bond acceptors (Lipinski definition) is 3. The lowest BCUT2D eigenvalue weighted by Gasteiger charge is -2.13. The van der Waals surface area contributed by atoms with Crippen LogP contribution in [0.4, 0.5) is 21.7 Å². The number of hydrogen-bond donors (Lipinski definition) is 2. The van der Waals surface area contributed by atoms with Gasteiger partial charge in [-0.05, 0) is 25.1 Å². The second-order valence-electron chi connectivity index (χ2n) is 4.05. The van der Waals surface area contributed by atoms with E-state index in [1.807, 2.05) is 6.92 Å². The molecule has 2 aromatic rings. The molecule has 0 aliphatic carbocycles. The fourth-order valence-corrected chi connectivity index (χ4v) is 2.65. The quantitative estimate of drug-likeness (QED) is 0.693. The van der Waals surface area contributed by atoms with Crippen LogP contribution in [0.5, 0.6) is 0 Å². The van der Waals surface area contributed by atoms with E-state index < -0.39 is 5.82 Å². The van der Waals surface area contributed by atoms with E-state index in [1.165, 1.54) is 0 Å². The Morgan fingerprint density at radius 1 is 0.952 bits per heavy atom. The number of nitrogens with one attached hydrogen (secondary N) is 2. The molecule has 0 amide bonds. The Hall–Kier alpha value is -0.940. The lowest BCUT2D eigenvalue weighted by atomic mass is 10.3.